The van der Waals surface area contributed by atoms with Crippen LogP contribution in [-0.2, 0) is 4.79 Å². The van der Waals surface area contributed by atoms with E-state index in [0.717, 1.165) is 18.6 Å². The molecule has 0 aromatic heterocycles. The van der Waals surface area contributed by atoms with Gasteiger partial charge in [-0.2, -0.15) is 0 Å². The second-order valence-corrected chi connectivity index (χ2v) is 8.01. The maximum atomic E-state index is 13.9. The van der Waals surface area contributed by atoms with Gasteiger partial charge >= 0.3 is 0 Å². The van der Waals surface area contributed by atoms with Crippen LogP contribution in [0.3, 0.4) is 0 Å². The van der Waals surface area contributed by atoms with Gasteiger partial charge in [0.1, 0.15) is 11.6 Å². The number of likely N-dealkylation sites (tertiary alicyclic amines) is 1. The van der Waals surface area contributed by atoms with Crippen LogP contribution in [0.4, 0.5) is 14.5 Å². The van der Waals surface area contributed by atoms with Crippen LogP contribution in [0, 0.1) is 17.6 Å². The van der Waals surface area contributed by atoms with Crippen LogP contribution in [0.15, 0.2) is 42.5 Å². The highest BCUT2D eigenvalue weighted by Gasteiger charge is 2.29. The van der Waals surface area contributed by atoms with Crippen molar-refractivity contribution in [3.05, 3.63) is 65.2 Å². The number of nitrogens with zero attached hydrogens (tertiary/aromatic N) is 1. The Labute approximate surface area is 186 Å². The molecule has 1 heterocycles. The number of amides is 3. The molecule has 1 saturated heterocycles. The van der Waals surface area contributed by atoms with Gasteiger partial charge in [-0.15, -0.1) is 0 Å². The zero-order valence-corrected chi connectivity index (χ0v) is 18.2. The summed E-state index contributed by atoms with van der Waals surface area (Å²) in [5, 5.41) is 5.73. The molecular formula is C24H27F2N3O3. The first-order chi connectivity index (χ1) is 15.3. The quantitative estimate of drug-likeness (QED) is 0.709. The van der Waals surface area contributed by atoms with Crippen LogP contribution in [0.25, 0.3) is 0 Å². The van der Waals surface area contributed by atoms with Gasteiger partial charge in [-0.3, -0.25) is 14.4 Å². The van der Waals surface area contributed by atoms with Gasteiger partial charge in [0, 0.05) is 31.1 Å². The Kier molecular flexibility index (Phi) is 7.56. The molecule has 0 aliphatic carbocycles. The van der Waals surface area contributed by atoms with Gasteiger partial charge in [-0.25, -0.2) is 8.78 Å². The molecule has 2 aromatic rings. The third-order valence-electron chi connectivity index (χ3n) is 5.73. The Hall–Kier alpha value is -3.29. The normalized spacial score (nSPS) is 15.2. The fourth-order valence-electron chi connectivity index (χ4n) is 3.61. The van der Waals surface area contributed by atoms with Crippen molar-refractivity contribution in [2.45, 2.75) is 39.2 Å². The van der Waals surface area contributed by atoms with Gasteiger partial charge in [-0.1, -0.05) is 19.1 Å². The fourth-order valence-corrected chi connectivity index (χ4v) is 3.61. The van der Waals surface area contributed by atoms with Crippen molar-refractivity contribution < 1.29 is 23.2 Å². The molecule has 1 aliphatic heterocycles. The average Bonchev–Trinajstić information content (AvgIpc) is 2.79. The number of hydrogen-bond acceptors (Lipinski definition) is 3. The van der Waals surface area contributed by atoms with E-state index in [2.05, 4.69) is 10.6 Å². The number of benzene rings is 2. The van der Waals surface area contributed by atoms with Crippen molar-refractivity contribution in [3.8, 4) is 0 Å². The van der Waals surface area contributed by atoms with E-state index in [9.17, 15) is 23.2 Å². The van der Waals surface area contributed by atoms with E-state index in [1.54, 1.807) is 24.3 Å². The summed E-state index contributed by atoms with van der Waals surface area (Å²) in [6, 6.07) is 9.69. The molecule has 2 aromatic carbocycles. The number of hydrogen-bond donors (Lipinski definition) is 2. The monoisotopic (exact) mass is 443 g/mol. The molecule has 3 amide bonds. The van der Waals surface area contributed by atoms with Crippen LogP contribution < -0.4 is 10.6 Å². The lowest BCUT2D eigenvalue weighted by atomic mass is 9.95. The fraction of sp³-hybridized carbons (Fsp3) is 0.375. The first-order valence-electron chi connectivity index (χ1n) is 10.7. The summed E-state index contributed by atoms with van der Waals surface area (Å²) in [5.41, 5.74) is 0.640. The first-order valence-corrected chi connectivity index (χ1v) is 10.7. The third-order valence-corrected chi connectivity index (χ3v) is 5.73. The Morgan fingerprint density at radius 2 is 1.75 bits per heavy atom. The molecule has 0 spiro atoms. The summed E-state index contributed by atoms with van der Waals surface area (Å²) in [4.78, 5) is 39.4. The Balaban J connectivity index is 1.61. The van der Waals surface area contributed by atoms with Crippen molar-refractivity contribution in [1.82, 2.24) is 10.2 Å². The van der Waals surface area contributed by atoms with Crippen molar-refractivity contribution in [2.24, 2.45) is 5.92 Å². The van der Waals surface area contributed by atoms with Crippen molar-refractivity contribution >= 4 is 23.4 Å². The lowest BCUT2D eigenvalue weighted by Crippen LogP contribution is -2.42. The average molecular weight is 443 g/mol. The molecule has 0 radical (unpaired) electrons. The highest BCUT2D eigenvalue weighted by atomic mass is 19.1. The summed E-state index contributed by atoms with van der Waals surface area (Å²) >= 11 is 0. The zero-order valence-electron chi connectivity index (χ0n) is 18.2. The van der Waals surface area contributed by atoms with Crippen LogP contribution in [0.1, 0.15) is 53.8 Å². The summed E-state index contributed by atoms with van der Waals surface area (Å²) in [6.45, 7) is 4.44. The van der Waals surface area contributed by atoms with Gasteiger partial charge in [0.2, 0.25) is 5.91 Å². The van der Waals surface area contributed by atoms with E-state index in [-0.39, 0.29) is 42.4 Å². The van der Waals surface area contributed by atoms with Gasteiger partial charge in [0.25, 0.3) is 11.8 Å². The summed E-state index contributed by atoms with van der Waals surface area (Å²) < 4.78 is 27.0. The third kappa shape index (κ3) is 5.49. The number of rotatable bonds is 6. The molecular weight excluding hydrogens is 416 g/mol. The van der Waals surface area contributed by atoms with Crippen molar-refractivity contribution in [3.63, 3.8) is 0 Å². The van der Waals surface area contributed by atoms with E-state index in [1.807, 2.05) is 13.8 Å². The number of piperidine rings is 1. The number of anilines is 1. The van der Waals surface area contributed by atoms with E-state index in [1.165, 1.54) is 4.90 Å². The van der Waals surface area contributed by atoms with Gasteiger partial charge < -0.3 is 15.5 Å². The predicted octanol–water partition coefficient (Wildman–Crippen LogP) is 3.98. The van der Waals surface area contributed by atoms with Gasteiger partial charge in [-0.05, 0) is 50.5 Å². The summed E-state index contributed by atoms with van der Waals surface area (Å²) in [7, 11) is 0. The first kappa shape index (κ1) is 23.4. The van der Waals surface area contributed by atoms with Crippen molar-refractivity contribution in [1.29, 1.82) is 0 Å². The topological polar surface area (TPSA) is 78.5 Å². The molecule has 6 nitrogen and oxygen atoms in total. The molecule has 2 N–H and O–H groups in total. The highest BCUT2D eigenvalue weighted by Crippen LogP contribution is 2.23. The van der Waals surface area contributed by atoms with Crippen LogP contribution in [0.2, 0.25) is 0 Å². The van der Waals surface area contributed by atoms with E-state index >= 15 is 0 Å². The maximum Gasteiger partial charge on any atom is 0.256 e. The minimum absolute atomic E-state index is 0.0130. The molecule has 1 aliphatic rings. The zero-order chi connectivity index (χ0) is 23.3. The second-order valence-electron chi connectivity index (χ2n) is 8.01. The highest BCUT2D eigenvalue weighted by molar-refractivity contribution is 6.04. The number of halogens is 2. The number of carbonyl (C=O) groups is 3. The Morgan fingerprint density at radius 3 is 2.41 bits per heavy atom. The smallest absolute Gasteiger partial charge is 0.256 e. The Morgan fingerprint density at radius 1 is 1.06 bits per heavy atom. The minimum atomic E-state index is -0.901. The number of nitrogens with one attached hydrogen (secondary N) is 2. The van der Waals surface area contributed by atoms with E-state index in [4.69, 9.17) is 0 Å². The second kappa shape index (κ2) is 10.3. The molecule has 0 unspecified atom stereocenters. The van der Waals surface area contributed by atoms with Crippen LogP contribution in [0.5, 0.6) is 0 Å². The van der Waals surface area contributed by atoms with Gasteiger partial charge in [0.05, 0.1) is 16.8 Å². The van der Waals surface area contributed by atoms with Gasteiger partial charge in [0.15, 0.2) is 0 Å². The molecule has 0 saturated carbocycles. The van der Waals surface area contributed by atoms with Crippen molar-refractivity contribution in [2.75, 3.05) is 18.4 Å². The van der Waals surface area contributed by atoms with Crippen LogP contribution >= 0.6 is 0 Å². The summed E-state index contributed by atoms with van der Waals surface area (Å²) in [5.74, 6) is -2.99. The van der Waals surface area contributed by atoms with E-state index in [0.29, 0.717) is 30.2 Å². The SMILES string of the molecule is CC[C@@H](C)NC(=O)c1ccccc1NC(=O)C1CCN(C(=O)c2ccc(F)cc2F)CC1. The predicted molar refractivity (Wildman–Crippen MR) is 117 cm³/mol. The lowest BCUT2D eigenvalue weighted by molar-refractivity contribution is -0.121. The molecule has 0 bridgehead atoms. The Bertz CT molecular complexity index is 1000. The van der Waals surface area contributed by atoms with E-state index < -0.39 is 17.5 Å². The summed E-state index contributed by atoms with van der Waals surface area (Å²) in [6.07, 6.45) is 1.60. The number of para-hydroxylation sites is 1. The largest absolute Gasteiger partial charge is 0.350 e. The molecule has 1 atom stereocenters. The molecule has 1 fully saturated rings. The maximum absolute atomic E-state index is 13.9. The molecule has 32 heavy (non-hydrogen) atoms. The number of carbonyl (C=O) groups excluding carboxylic acids is 3. The minimum Gasteiger partial charge on any atom is -0.350 e. The molecule has 170 valence electrons. The van der Waals surface area contributed by atoms with Crippen LogP contribution in [-0.4, -0.2) is 41.8 Å². The molecule has 3 rings (SSSR count). The lowest BCUT2D eigenvalue weighted by Gasteiger charge is -2.31. The molecule has 8 heteroatoms. The standard InChI is InChI=1S/C24H27F2N3O3/c1-3-15(2)27-23(31)19-6-4-5-7-21(19)28-22(30)16-10-12-29(13-11-16)24(32)18-9-8-17(25)14-20(18)26/h4-9,14-16H,3,10-13H2,1-2H3,(H,27,31)(H,28,30)/t15-/m1/s1.